The van der Waals surface area contributed by atoms with Crippen molar-refractivity contribution in [3.8, 4) is 6.07 Å². The van der Waals surface area contributed by atoms with Gasteiger partial charge in [0, 0.05) is 5.39 Å². The van der Waals surface area contributed by atoms with Crippen LogP contribution in [-0.2, 0) is 0 Å². The summed E-state index contributed by atoms with van der Waals surface area (Å²) in [6.07, 6.45) is 1.41. The summed E-state index contributed by atoms with van der Waals surface area (Å²) in [5.41, 5.74) is 6.94. The van der Waals surface area contributed by atoms with E-state index in [2.05, 4.69) is 9.97 Å². The average Bonchev–Trinajstić information content (AvgIpc) is 2.18. The molecule has 2 N–H and O–H groups in total. The maximum Gasteiger partial charge on any atom is 0.134 e. The lowest BCUT2D eigenvalue weighted by Crippen LogP contribution is -1.93. The molecule has 13 heavy (non-hydrogen) atoms. The SMILES string of the molecule is N#Cc1ccc2ncnc(N)c2c1. The Hall–Kier alpha value is -2.15. The molecule has 1 heterocycles. The molecule has 0 unspecified atom stereocenters. The zero-order valence-electron chi connectivity index (χ0n) is 6.73. The van der Waals surface area contributed by atoms with Crippen LogP contribution in [0.25, 0.3) is 10.9 Å². The van der Waals surface area contributed by atoms with Crippen molar-refractivity contribution in [2.75, 3.05) is 5.73 Å². The Morgan fingerprint density at radius 2 is 2.15 bits per heavy atom. The second-order valence-corrected chi connectivity index (χ2v) is 2.60. The zero-order valence-corrected chi connectivity index (χ0v) is 6.73. The van der Waals surface area contributed by atoms with Gasteiger partial charge in [-0.3, -0.25) is 0 Å². The highest BCUT2D eigenvalue weighted by atomic mass is 14.9. The smallest absolute Gasteiger partial charge is 0.134 e. The van der Waals surface area contributed by atoms with Crippen molar-refractivity contribution in [3.05, 3.63) is 30.1 Å². The van der Waals surface area contributed by atoms with Gasteiger partial charge < -0.3 is 5.73 Å². The summed E-state index contributed by atoms with van der Waals surface area (Å²) in [6, 6.07) is 7.18. The summed E-state index contributed by atoms with van der Waals surface area (Å²) in [6.45, 7) is 0. The highest BCUT2D eigenvalue weighted by Crippen LogP contribution is 2.17. The molecule has 0 radical (unpaired) electrons. The predicted octanol–water partition coefficient (Wildman–Crippen LogP) is 1.08. The van der Waals surface area contributed by atoms with Gasteiger partial charge in [0.2, 0.25) is 0 Å². The van der Waals surface area contributed by atoms with E-state index in [1.165, 1.54) is 6.33 Å². The molecule has 0 amide bonds. The monoisotopic (exact) mass is 170 g/mol. The second-order valence-electron chi connectivity index (χ2n) is 2.60. The van der Waals surface area contributed by atoms with Crippen LogP contribution in [-0.4, -0.2) is 9.97 Å². The molecule has 0 fully saturated rings. The first-order valence-corrected chi connectivity index (χ1v) is 3.71. The highest BCUT2D eigenvalue weighted by molar-refractivity contribution is 5.88. The van der Waals surface area contributed by atoms with Gasteiger partial charge in [0.05, 0.1) is 17.1 Å². The lowest BCUT2D eigenvalue weighted by Gasteiger charge is -1.98. The van der Waals surface area contributed by atoms with Crippen LogP contribution >= 0.6 is 0 Å². The van der Waals surface area contributed by atoms with Gasteiger partial charge in [0.15, 0.2) is 0 Å². The van der Waals surface area contributed by atoms with Crippen molar-refractivity contribution in [2.24, 2.45) is 0 Å². The van der Waals surface area contributed by atoms with Crippen LogP contribution in [0.4, 0.5) is 5.82 Å². The molecule has 0 atom stereocenters. The number of aromatic nitrogens is 2. The predicted molar refractivity (Wildman–Crippen MR) is 48.7 cm³/mol. The number of benzene rings is 1. The minimum Gasteiger partial charge on any atom is -0.383 e. The first-order chi connectivity index (χ1) is 6.31. The highest BCUT2D eigenvalue weighted by Gasteiger charge is 2.00. The second kappa shape index (κ2) is 2.72. The van der Waals surface area contributed by atoms with Gasteiger partial charge >= 0.3 is 0 Å². The molecule has 2 rings (SSSR count). The Bertz CT molecular complexity index is 498. The van der Waals surface area contributed by atoms with E-state index in [9.17, 15) is 0 Å². The summed E-state index contributed by atoms with van der Waals surface area (Å²) < 4.78 is 0. The zero-order chi connectivity index (χ0) is 9.26. The van der Waals surface area contributed by atoms with Crippen molar-refractivity contribution in [1.29, 1.82) is 5.26 Å². The van der Waals surface area contributed by atoms with E-state index in [-0.39, 0.29) is 0 Å². The normalized spacial score (nSPS) is 9.77. The van der Waals surface area contributed by atoms with Crippen molar-refractivity contribution in [1.82, 2.24) is 9.97 Å². The fourth-order valence-corrected chi connectivity index (χ4v) is 1.15. The number of hydrogen-bond donors (Lipinski definition) is 1. The number of hydrogen-bond acceptors (Lipinski definition) is 4. The van der Waals surface area contributed by atoms with Gasteiger partial charge in [0.1, 0.15) is 12.1 Å². The van der Waals surface area contributed by atoms with Crippen LogP contribution in [0.5, 0.6) is 0 Å². The molecule has 0 aliphatic heterocycles. The van der Waals surface area contributed by atoms with E-state index in [1.807, 2.05) is 6.07 Å². The number of rotatable bonds is 0. The van der Waals surface area contributed by atoms with Crippen molar-refractivity contribution < 1.29 is 0 Å². The van der Waals surface area contributed by atoms with Crippen molar-refractivity contribution in [2.45, 2.75) is 0 Å². The minimum absolute atomic E-state index is 0.405. The Morgan fingerprint density at radius 1 is 1.31 bits per heavy atom. The molecule has 4 heteroatoms. The lowest BCUT2D eigenvalue weighted by atomic mass is 10.1. The van der Waals surface area contributed by atoms with Gasteiger partial charge in [-0.15, -0.1) is 0 Å². The third kappa shape index (κ3) is 1.16. The van der Waals surface area contributed by atoms with E-state index in [4.69, 9.17) is 11.0 Å². The van der Waals surface area contributed by atoms with E-state index in [0.717, 1.165) is 10.9 Å². The standard InChI is InChI=1S/C9H6N4/c10-4-6-1-2-8-7(3-6)9(11)13-5-12-8/h1-3,5H,(H2,11,12,13). The van der Waals surface area contributed by atoms with Crippen LogP contribution in [0.3, 0.4) is 0 Å². The molecule has 0 bridgehead atoms. The number of nitrogen functional groups attached to an aromatic ring is 1. The Morgan fingerprint density at radius 3 is 2.92 bits per heavy atom. The summed E-state index contributed by atoms with van der Waals surface area (Å²) in [5.74, 6) is 0.405. The summed E-state index contributed by atoms with van der Waals surface area (Å²) in [4.78, 5) is 7.86. The molecule has 1 aromatic heterocycles. The number of nitrogens with two attached hydrogens (primary N) is 1. The van der Waals surface area contributed by atoms with Gasteiger partial charge in [-0.05, 0) is 18.2 Å². The molecule has 2 aromatic rings. The summed E-state index contributed by atoms with van der Waals surface area (Å²) in [7, 11) is 0. The lowest BCUT2D eigenvalue weighted by molar-refractivity contribution is 1.23. The Labute approximate surface area is 74.6 Å². The van der Waals surface area contributed by atoms with Gasteiger partial charge in [-0.2, -0.15) is 5.26 Å². The van der Waals surface area contributed by atoms with Crippen LogP contribution in [0.15, 0.2) is 24.5 Å². The van der Waals surface area contributed by atoms with Crippen LogP contribution in [0, 0.1) is 11.3 Å². The third-order valence-corrected chi connectivity index (χ3v) is 1.80. The van der Waals surface area contributed by atoms with Crippen molar-refractivity contribution in [3.63, 3.8) is 0 Å². The van der Waals surface area contributed by atoms with Crippen LogP contribution in [0.1, 0.15) is 5.56 Å². The molecular weight excluding hydrogens is 164 g/mol. The molecule has 62 valence electrons. The molecule has 0 aliphatic rings. The first kappa shape index (κ1) is 7.50. The Balaban J connectivity index is 2.84. The summed E-state index contributed by atoms with van der Waals surface area (Å²) >= 11 is 0. The first-order valence-electron chi connectivity index (χ1n) is 3.71. The molecule has 0 aliphatic carbocycles. The number of nitriles is 1. The fraction of sp³-hybridized carbons (Fsp3) is 0. The molecule has 0 spiro atoms. The van der Waals surface area contributed by atoms with Gasteiger partial charge in [-0.1, -0.05) is 0 Å². The molecule has 0 saturated carbocycles. The molecule has 0 saturated heterocycles. The van der Waals surface area contributed by atoms with Gasteiger partial charge in [-0.25, -0.2) is 9.97 Å². The number of fused-ring (bicyclic) bond motifs is 1. The summed E-state index contributed by atoms with van der Waals surface area (Å²) in [5, 5.41) is 9.38. The van der Waals surface area contributed by atoms with E-state index >= 15 is 0 Å². The maximum absolute atomic E-state index is 8.66. The largest absolute Gasteiger partial charge is 0.383 e. The number of anilines is 1. The number of nitrogens with zero attached hydrogens (tertiary/aromatic N) is 3. The van der Waals surface area contributed by atoms with Crippen LogP contribution in [0.2, 0.25) is 0 Å². The van der Waals surface area contributed by atoms with Crippen LogP contribution < -0.4 is 5.73 Å². The van der Waals surface area contributed by atoms with Crippen molar-refractivity contribution >= 4 is 16.7 Å². The van der Waals surface area contributed by atoms with E-state index in [0.29, 0.717) is 11.4 Å². The van der Waals surface area contributed by atoms with Gasteiger partial charge in [0.25, 0.3) is 0 Å². The van der Waals surface area contributed by atoms with E-state index < -0.39 is 0 Å². The fourth-order valence-electron chi connectivity index (χ4n) is 1.15. The molecule has 1 aromatic carbocycles. The quantitative estimate of drug-likeness (QED) is 0.641. The Kier molecular flexibility index (Phi) is 1.57. The topological polar surface area (TPSA) is 75.6 Å². The average molecular weight is 170 g/mol. The minimum atomic E-state index is 0.405. The maximum atomic E-state index is 8.66. The third-order valence-electron chi connectivity index (χ3n) is 1.80. The molecule has 4 nitrogen and oxygen atoms in total. The molecular formula is C9H6N4. The van der Waals surface area contributed by atoms with E-state index in [1.54, 1.807) is 18.2 Å².